The fourth-order valence-electron chi connectivity index (χ4n) is 4.21. The highest BCUT2D eigenvalue weighted by atomic mass is 35.5. The molecular formula is C29H25Cl2F3N4O3. The molecule has 0 amide bonds. The van der Waals surface area contributed by atoms with E-state index in [1.807, 2.05) is 19.1 Å². The van der Waals surface area contributed by atoms with Crippen molar-refractivity contribution in [3.63, 3.8) is 0 Å². The number of pyridine rings is 2. The quantitative estimate of drug-likeness (QED) is 0.178. The van der Waals surface area contributed by atoms with Crippen LogP contribution >= 0.6 is 23.2 Å². The van der Waals surface area contributed by atoms with Crippen LogP contribution in [0.1, 0.15) is 11.1 Å². The fraction of sp³-hybridized carbons (Fsp3) is 0.207. The lowest BCUT2D eigenvalue weighted by Gasteiger charge is -2.18. The summed E-state index contributed by atoms with van der Waals surface area (Å²) in [5, 5.41) is 6.63. The molecule has 41 heavy (non-hydrogen) atoms. The predicted octanol–water partition coefficient (Wildman–Crippen LogP) is 7.94. The van der Waals surface area contributed by atoms with E-state index < -0.39 is 12.7 Å². The highest BCUT2D eigenvalue weighted by molar-refractivity contribution is 6.41. The third-order valence-corrected chi connectivity index (χ3v) is 6.96. The summed E-state index contributed by atoms with van der Waals surface area (Å²) in [6.45, 7) is 4.05. The van der Waals surface area contributed by atoms with Crippen LogP contribution in [0.3, 0.4) is 0 Å². The summed E-state index contributed by atoms with van der Waals surface area (Å²) in [7, 11) is 2.82. The van der Waals surface area contributed by atoms with Gasteiger partial charge in [0, 0.05) is 40.7 Å². The fourth-order valence-corrected chi connectivity index (χ4v) is 4.91. The number of methoxy groups -OCH3 is 2. The number of carbonyl (C=O) groups is 1. The first-order chi connectivity index (χ1) is 19.4. The number of para-hydroxylation sites is 1. The molecule has 0 aliphatic heterocycles. The Hall–Kier alpha value is -4.02. The van der Waals surface area contributed by atoms with Crippen LogP contribution in [0.15, 0.2) is 55.3 Å². The van der Waals surface area contributed by atoms with E-state index in [2.05, 4.69) is 27.2 Å². The van der Waals surface area contributed by atoms with Gasteiger partial charge in [0.25, 0.3) is 0 Å². The molecule has 0 saturated carbocycles. The molecule has 2 aromatic carbocycles. The second-order valence-corrected chi connectivity index (χ2v) is 9.74. The van der Waals surface area contributed by atoms with Crippen LogP contribution in [0.4, 0.5) is 30.5 Å². The first-order valence-corrected chi connectivity index (χ1v) is 12.9. The number of fused-ring (bicyclic) bond motifs is 1. The van der Waals surface area contributed by atoms with Crippen LogP contribution in [-0.2, 0) is 11.2 Å². The molecule has 214 valence electrons. The molecule has 4 aromatic rings. The second-order valence-electron chi connectivity index (χ2n) is 8.98. The summed E-state index contributed by atoms with van der Waals surface area (Å²) in [4.78, 5) is 21.0. The van der Waals surface area contributed by atoms with Gasteiger partial charge in [0.15, 0.2) is 5.78 Å². The van der Waals surface area contributed by atoms with Gasteiger partial charge in [-0.25, -0.2) is 9.97 Å². The summed E-state index contributed by atoms with van der Waals surface area (Å²) in [6, 6.07) is 10.2. The van der Waals surface area contributed by atoms with Crippen LogP contribution in [-0.4, -0.2) is 42.7 Å². The largest absolute Gasteiger partial charge is 0.495 e. The summed E-state index contributed by atoms with van der Waals surface area (Å²) < 4.78 is 50.4. The Labute approximate surface area is 244 Å². The molecule has 4 rings (SSSR count). The summed E-state index contributed by atoms with van der Waals surface area (Å²) in [6.07, 6.45) is -1.65. The number of carbonyl (C=O) groups excluding carboxylic acids is 1. The van der Waals surface area contributed by atoms with E-state index in [4.69, 9.17) is 32.7 Å². The first-order valence-electron chi connectivity index (χ1n) is 12.2. The number of anilines is 3. The number of benzene rings is 2. The molecule has 0 unspecified atom stereocenters. The number of nitrogens with zero attached hydrogens (tertiary/aromatic N) is 2. The number of allylic oxidation sites excluding steroid dienone is 1. The Morgan fingerprint density at radius 2 is 1.78 bits per heavy atom. The van der Waals surface area contributed by atoms with E-state index in [1.54, 1.807) is 18.2 Å². The minimum absolute atomic E-state index is 0.0685. The summed E-state index contributed by atoms with van der Waals surface area (Å²) >= 11 is 13.1. The zero-order valence-corrected chi connectivity index (χ0v) is 23.8. The number of aryl methyl sites for hydroxylation is 1. The molecular weight excluding hydrogens is 580 g/mol. The van der Waals surface area contributed by atoms with Crippen LogP contribution in [0.5, 0.6) is 11.5 Å². The topological polar surface area (TPSA) is 85.4 Å². The van der Waals surface area contributed by atoms with Gasteiger partial charge in [-0.1, -0.05) is 48.0 Å². The molecule has 0 fully saturated rings. The number of alkyl halides is 3. The zero-order valence-electron chi connectivity index (χ0n) is 22.2. The zero-order chi connectivity index (χ0) is 29.9. The third-order valence-electron chi connectivity index (χ3n) is 6.20. The summed E-state index contributed by atoms with van der Waals surface area (Å²) in [5.41, 5.74) is 2.63. The molecule has 7 nitrogen and oxygen atoms in total. The lowest BCUT2D eigenvalue weighted by atomic mass is 10.0. The standard InChI is InChI=1S/C29H25Cl2F3N4O3/c1-5-18(39)9-16-8-6-7-15(2)27(16)38-23-11-19-17(13-35-23)10-20(37-28(19)36-14-29(32,33)34)24-25(30)21(40-3)12-22(41-4)26(24)31/h5-8,10-13H,1,9,14H2,2-4H3,(H,35,38)(H,36,37). The van der Waals surface area contributed by atoms with Gasteiger partial charge in [-0.2, -0.15) is 13.2 Å². The van der Waals surface area contributed by atoms with E-state index in [1.165, 1.54) is 32.6 Å². The lowest BCUT2D eigenvalue weighted by Crippen LogP contribution is -2.22. The van der Waals surface area contributed by atoms with E-state index >= 15 is 0 Å². The Morgan fingerprint density at radius 3 is 2.39 bits per heavy atom. The van der Waals surface area contributed by atoms with Gasteiger partial charge in [0.1, 0.15) is 29.7 Å². The van der Waals surface area contributed by atoms with Crippen LogP contribution in [0.25, 0.3) is 22.0 Å². The van der Waals surface area contributed by atoms with Gasteiger partial charge in [0.2, 0.25) is 0 Å². The maximum absolute atomic E-state index is 13.3. The molecule has 0 bridgehead atoms. The van der Waals surface area contributed by atoms with E-state index in [9.17, 15) is 18.0 Å². The number of nitrogens with one attached hydrogen (secondary N) is 2. The average molecular weight is 605 g/mol. The maximum atomic E-state index is 13.3. The number of ether oxygens (including phenoxy) is 2. The van der Waals surface area contributed by atoms with Crippen molar-refractivity contribution >= 4 is 57.1 Å². The molecule has 0 aliphatic rings. The van der Waals surface area contributed by atoms with Crippen molar-refractivity contribution in [2.75, 3.05) is 31.4 Å². The van der Waals surface area contributed by atoms with Gasteiger partial charge >= 0.3 is 6.18 Å². The number of hydrogen-bond acceptors (Lipinski definition) is 7. The lowest BCUT2D eigenvalue weighted by molar-refractivity contribution is -0.115. The van der Waals surface area contributed by atoms with Crippen LogP contribution < -0.4 is 20.1 Å². The first kappa shape index (κ1) is 30.0. The number of rotatable bonds is 10. The maximum Gasteiger partial charge on any atom is 0.405 e. The normalized spacial score (nSPS) is 11.3. The highest BCUT2D eigenvalue weighted by Crippen LogP contribution is 2.46. The SMILES string of the molecule is C=CC(=O)Cc1cccc(C)c1Nc1cc2c(NCC(F)(F)F)nc(-c3c(Cl)c(OC)cc(OC)c3Cl)cc2cn1. The van der Waals surface area contributed by atoms with Gasteiger partial charge < -0.3 is 20.1 Å². The van der Waals surface area contributed by atoms with E-state index in [-0.39, 0.29) is 50.8 Å². The monoisotopic (exact) mass is 604 g/mol. The van der Waals surface area contributed by atoms with Crippen molar-refractivity contribution < 1.29 is 27.4 Å². The smallest absolute Gasteiger partial charge is 0.405 e. The minimum Gasteiger partial charge on any atom is -0.495 e. The van der Waals surface area contributed by atoms with Crippen molar-refractivity contribution in [3.8, 4) is 22.8 Å². The number of hydrogen-bond donors (Lipinski definition) is 2. The molecule has 0 spiro atoms. The second kappa shape index (κ2) is 12.2. The Morgan fingerprint density at radius 1 is 1.10 bits per heavy atom. The summed E-state index contributed by atoms with van der Waals surface area (Å²) in [5.74, 6) is 0.600. The van der Waals surface area contributed by atoms with E-state index in [0.717, 1.165) is 11.1 Å². The number of aromatic nitrogens is 2. The van der Waals surface area contributed by atoms with Crippen LogP contribution in [0, 0.1) is 6.92 Å². The molecule has 2 heterocycles. The van der Waals surface area contributed by atoms with Crippen molar-refractivity contribution in [1.29, 1.82) is 0 Å². The molecule has 0 aliphatic carbocycles. The van der Waals surface area contributed by atoms with Crippen LogP contribution in [0.2, 0.25) is 10.0 Å². The Kier molecular flexibility index (Phi) is 8.94. The third kappa shape index (κ3) is 6.66. The Bertz CT molecular complexity index is 1620. The molecule has 2 N–H and O–H groups in total. The predicted molar refractivity (Wildman–Crippen MR) is 156 cm³/mol. The average Bonchev–Trinajstić information content (AvgIpc) is 2.93. The van der Waals surface area contributed by atoms with Gasteiger partial charge in [0.05, 0.1) is 30.0 Å². The number of ketones is 1. The van der Waals surface area contributed by atoms with Crippen molar-refractivity contribution in [2.45, 2.75) is 19.5 Å². The van der Waals surface area contributed by atoms with E-state index in [0.29, 0.717) is 22.3 Å². The highest BCUT2D eigenvalue weighted by Gasteiger charge is 2.28. The minimum atomic E-state index is -4.51. The molecule has 2 aromatic heterocycles. The van der Waals surface area contributed by atoms with Crippen molar-refractivity contribution in [1.82, 2.24) is 9.97 Å². The van der Waals surface area contributed by atoms with Gasteiger partial charge in [-0.05, 0) is 36.3 Å². The number of halogens is 5. The molecule has 12 heteroatoms. The van der Waals surface area contributed by atoms with Crippen molar-refractivity contribution in [2.24, 2.45) is 0 Å². The molecule has 0 radical (unpaired) electrons. The Balaban J connectivity index is 1.87. The van der Waals surface area contributed by atoms with Gasteiger partial charge in [-0.15, -0.1) is 0 Å². The molecule has 0 atom stereocenters. The van der Waals surface area contributed by atoms with Crippen molar-refractivity contribution in [3.05, 3.63) is 76.4 Å². The molecule has 0 saturated heterocycles. The van der Waals surface area contributed by atoms with Gasteiger partial charge in [-0.3, -0.25) is 4.79 Å².